The van der Waals surface area contributed by atoms with Crippen molar-refractivity contribution < 1.29 is 23.3 Å². The Bertz CT molecular complexity index is 1400. The molecule has 4 aromatic rings. The lowest BCUT2D eigenvalue weighted by atomic mass is 10.2. The van der Waals surface area contributed by atoms with Gasteiger partial charge in [-0.15, -0.1) is 0 Å². The number of furan rings is 1. The highest BCUT2D eigenvalue weighted by molar-refractivity contribution is 9.10. The predicted molar refractivity (Wildman–Crippen MR) is 130 cm³/mol. The van der Waals surface area contributed by atoms with Crippen LogP contribution in [0.2, 0.25) is 10.0 Å². The van der Waals surface area contributed by atoms with Gasteiger partial charge < -0.3 is 14.5 Å². The van der Waals surface area contributed by atoms with Gasteiger partial charge in [-0.3, -0.25) is 19.6 Å². The maximum Gasteiger partial charge on any atom is 0.292 e. The first-order valence-corrected chi connectivity index (χ1v) is 11.4. The molecule has 9 nitrogen and oxygen atoms in total. The molecule has 0 aliphatic heterocycles. The minimum Gasteiger partial charge on any atom is -0.484 e. The highest BCUT2D eigenvalue weighted by Crippen LogP contribution is 2.30. The highest BCUT2D eigenvalue weighted by Gasteiger charge is 2.18. The normalized spacial score (nSPS) is 10.9. The zero-order chi connectivity index (χ0) is 25.1. The number of ether oxygens (including phenoxy) is 1. The van der Waals surface area contributed by atoms with Crippen LogP contribution in [0.25, 0.3) is 0 Å². The van der Waals surface area contributed by atoms with E-state index in [1.807, 2.05) is 0 Å². The minimum absolute atomic E-state index is 0.0210. The van der Waals surface area contributed by atoms with E-state index >= 15 is 0 Å². The van der Waals surface area contributed by atoms with Gasteiger partial charge in [0.2, 0.25) is 0 Å². The molecule has 1 amide bonds. The molecule has 2 aromatic heterocycles. The van der Waals surface area contributed by atoms with E-state index in [2.05, 4.69) is 26.3 Å². The molecule has 13 heteroatoms. The second-order valence-electron chi connectivity index (χ2n) is 7.10. The summed E-state index contributed by atoms with van der Waals surface area (Å²) in [6, 6.07) is 11.1. The lowest BCUT2D eigenvalue weighted by molar-refractivity contribution is -0.384. The van der Waals surface area contributed by atoms with E-state index in [0.29, 0.717) is 4.47 Å². The average molecular weight is 584 g/mol. The number of halogens is 4. The number of nitrogens with one attached hydrogen (secondary N) is 1. The molecule has 4 rings (SSSR count). The molecule has 2 heterocycles. The molecule has 0 fully saturated rings. The summed E-state index contributed by atoms with van der Waals surface area (Å²) in [6.07, 6.45) is 1.57. The lowest BCUT2D eigenvalue weighted by Gasteiger charge is -2.06. The number of non-ortho nitro benzene ring substituents is 1. The molecular weight excluding hydrogens is 570 g/mol. The van der Waals surface area contributed by atoms with Crippen LogP contribution in [0.15, 0.2) is 63.6 Å². The summed E-state index contributed by atoms with van der Waals surface area (Å²) in [6.45, 7) is -0.0572. The van der Waals surface area contributed by atoms with Crippen LogP contribution >= 0.6 is 39.1 Å². The largest absolute Gasteiger partial charge is 0.484 e. The molecule has 0 atom stereocenters. The molecule has 0 saturated heterocycles. The number of hydrogen-bond acceptors (Lipinski definition) is 6. The first-order valence-electron chi connectivity index (χ1n) is 9.84. The second kappa shape index (κ2) is 10.5. The molecule has 35 heavy (non-hydrogen) atoms. The van der Waals surface area contributed by atoms with Crippen LogP contribution in [-0.2, 0) is 13.2 Å². The number of nitro groups is 1. The Morgan fingerprint density at radius 3 is 2.77 bits per heavy atom. The Kier molecular flexibility index (Phi) is 7.39. The van der Waals surface area contributed by atoms with Crippen molar-refractivity contribution in [1.82, 2.24) is 9.78 Å². The third-order valence-corrected chi connectivity index (χ3v) is 5.96. The fraction of sp³-hybridized carbons (Fsp3) is 0.0909. The van der Waals surface area contributed by atoms with Gasteiger partial charge >= 0.3 is 0 Å². The number of amides is 1. The molecule has 0 unspecified atom stereocenters. The fourth-order valence-electron chi connectivity index (χ4n) is 3.02. The van der Waals surface area contributed by atoms with Gasteiger partial charge in [-0.2, -0.15) is 5.10 Å². The zero-order valence-corrected chi connectivity index (χ0v) is 20.6. The van der Waals surface area contributed by atoms with Gasteiger partial charge in [-0.05, 0) is 46.3 Å². The summed E-state index contributed by atoms with van der Waals surface area (Å²) in [7, 11) is 0. The Balaban J connectivity index is 1.41. The Hall–Kier alpha value is -3.41. The molecule has 0 aliphatic carbocycles. The summed E-state index contributed by atoms with van der Waals surface area (Å²) in [5, 5.41) is 18.2. The van der Waals surface area contributed by atoms with Crippen LogP contribution in [0.4, 0.5) is 15.9 Å². The van der Waals surface area contributed by atoms with Crippen LogP contribution in [0.1, 0.15) is 21.9 Å². The van der Waals surface area contributed by atoms with Crippen LogP contribution in [0.3, 0.4) is 0 Å². The molecule has 0 aliphatic rings. The summed E-state index contributed by atoms with van der Waals surface area (Å²) >= 11 is 15.4. The third-order valence-electron chi connectivity index (χ3n) is 4.71. The van der Waals surface area contributed by atoms with Gasteiger partial charge in [0, 0.05) is 22.8 Å². The van der Waals surface area contributed by atoms with E-state index in [9.17, 15) is 19.3 Å². The molecule has 0 spiro atoms. The standard InChI is InChI=1S/C22H14BrCl2FN4O5/c23-15-10-29(9-14-16(24)2-1-3-18(14)26)28-21(15)27-22(31)19-7-5-13(35-19)11-34-20-8-12(30(32)33)4-6-17(20)25/h1-8,10H,9,11H2,(H,27,28,31). The Morgan fingerprint density at radius 1 is 1.23 bits per heavy atom. The van der Waals surface area contributed by atoms with Crippen molar-refractivity contribution >= 4 is 56.5 Å². The second-order valence-corrected chi connectivity index (χ2v) is 8.77. The first kappa shape index (κ1) is 24.7. The van der Waals surface area contributed by atoms with Crippen molar-refractivity contribution in [2.75, 3.05) is 5.32 Å². The predicted octanol–water partition coefficient (Wildman–Crippen LogP) is 6.47. The van der Waals surface area contributed by atoms with Crippen LogP contribution < -0.4 is 10.1 Å². The number of nitrogens with zero attached hydrogens (tertiary/aromatic N) is 3. The lowest BCUT2D eigenvalue weighted by Crippen LogP contribution is -2.12. The van der Waals surface area contributed by atoms with Gasteiger partial charge in [0.25, 0.3) is 11.6 Å². The average Bonchev–Trinajstić information content (AvgIpc) is 3.42. The highest BCUT2D eigenvalue weighted by atomic mass is 79.9. The van der Waals surface area contributed by atoms with Crippen molar-refractivity contribution in [1.29, 1.82) is 0 Å². The van der Waals surface area contributed by atoms with Crippen molar-refractivity contribution in [3.05, 3.63) is 102 Å². The summed E-state index contributed by atoms with van der Waals surface area (Å²) in [5.41, 5.74) is 0.0905. The van der Waals surface area contributed by atoms with E-state index in [1.165, 1.54) is 47.1 Å². The summed E-state index contributed by atoms with van der Waals surface area (Å²) < 4.78 is 26.9. The van der Waals surface area contributed by atoms with Gasteiger partial charge in [0.1, 0.15) is 23.9 Å². The molecular formula is C22H14BrCl2FN4O5. The van der Waals surface area contributed by atoms with Crippen molar-refractivity contribution in [3.63, 3.8) is 0 Å². The zero-order valence-electron chi connectivity index (χ0n) is 17.5. The smallest absolute Gasteiger partial charge is 0.292 e. The van der Waals surface area contributed by atoms with E-state index < -0.39 is 16.6 Å². The van der Waals surface area contributed by atoms with E-state index in [1.54, 1.807) is 12.3 Å². The maximum absolute atomic E-state index is 14.1. The molecule has 180 valence electrons. The van der Waals surface area contributed by atoms with Crippen LogP contribution in [0.5, 0.6) is 5.75 Å². The van der Waals surface area contributed by atoms with E-state index in [-0.39, 0.29) is 57.5 Å². The number of benzene rings is 2. The molecule has 1 N–H and O–H groups in total. The molecule has 2 aromatic carbocycles. The number of nitro benzene ring substituents is 1. The number of carbonyl (C=O) groups is 1. The molecule has 0 bridgehead atoms. The first-order chi connectivity index (χ1) is 16.7. The van der Waals surface area contributed by atoms with Crippen molar-refractivity contribution in [3.8, 4) is 5.75 Å². The topological polar surface area (TPSA) is 112 Å². The number of rotatable bonds is 8. The number of hydrogen-bond donors (Lipinski definition) is 1. The molecule has 0 saturated carbocycles. The van der Waals surface area contributed by atoms with Gasteiger partial charge in [-0.1, -0.05) is 29.3 Å². The third kappa shape index (κ3) is 5.81. The van der Waals surface area contributed by atoms with Crippen molar-refractivity contribution in [2.45, 2.75) is 13.2 Å². The Labute approximate surface area is 215 Å². The van der Waals surface area contributed by atoms with Gasteiger partial charge in [0.05, 0.1) is 27.0 Å². The number of aromatic nitrogens is 2. The van der Waals surface area contributed by atoms with Crippen LogP contribution in [-0.4, -0.2) is 20.6 Å². The fourth-order valence-corrected chi connectivity index (χ4v) is 3.83. The van der Waals surface area contributed by atoms with Crippen LogP contribution in [0, 0.1) is 15.9 Å². The van der Waals surface area contributed by atoms with Crippen molar-refractivity contribution in [2.24, 2.45) is 0 Å². The summed E-state index contributed by atoms with van der Waals surface area (Å²) in [4.78, 5) is 23.0. The maximum atomic E-state index is 14.1. The van der Waals surface area contributed by atoms with Gasteiger partial charge in [0.15, 0.2) is 11.6 Å². The Morgan fingerprint density at radius 2 is 2.03 bits per heavy atom. The SMILES string of the molecule is O=C(Nc1nn(Cc2c(F)cccc2Cl)cc1Br)c1ccc(COc2cc([N+](=O)[O-])ccc2Cl)o1. The number of carbonyl (C=O) groups excluding carboxylic acids is 1. The van der Waals surface area contributed by atoms with E-state index in [0.717, 1.165) is 0 Å². The minimum atomic E-state index is -0.584. The van der Waals surface area contributed by atoms with Gasteiger partial charge in [-0.25, -0.2) is 4.39 Å². The monoisotopic (exact) mass is 582 g/mol. The summed E-state index contributed by atoms with van der Waals surface area (Å²) in [5.74, 6) is -0.484. The van der Waals surface area contributed by atoms with E-state index in [4.69, 9.17) is 32.4 Å². The quantitative estimate of drug-likeness (QED) is 0.188. The molecule has 0 radical (unpaired) electrons. The number of anilines is 1.